The van der Waals surface area contributed by atoms with Crippen LogP contribution in [0.5, 0.6) is 0 Å². The number of carbonyl (C=O) groups excluding carboxylic acids is 4. The van der Waals surface area contributed by atoms with Crippen LogP contribution in [0.25, 0.3) is 10.8 Å². The molecule has 2 atom stereocenters. The molecule has 0 spiro atoms. The molecule has 1 saturated heterocycles. The van der Waals surface area contributed by atoms with Gasteiger partial charge in [0.2, 0.25) is 17.7 Å². The molecule has 5 rings (SSSR count). The minimum atomic E-state index is -0.750. The van der Waals surface area contributed by atoms with Gasteiger partial charge in [-0.25, -0.2) is 0 Å². The fourth-order valence-corrected chi connectivity index (χ4v) is 6.68. The van der Waals surface area contributed by atoms with Crippen molar-refractivity contribution in [2.75, 3.05) is 36.1 Å². The van der Waals surface area contributed by atoms with Crippen LogP contribution in [0.1, 0.15) is 32.3 Å². The summed E-state index contributed by atoms with van der Waals surface area (Å²) in [5, 5.41) is 11.1. The highest BCUT2D eigenvalue weighted by molar-refractivity contribution is 7.99. The molecule has 2 aliphatic heterocycles. The Morgan fingerprint density at radius 2 is 1.71 bits per heavy atom. The number of hydrogen-bond donors (Lipinski definition) is 3. The van der Waals surface area contributed by atoms with Gasteiger partial charge < -0.3 is 25.8 Å². The van der Waals surface area contributed by atoms with E-state index < -0.39 is 12.1 Å². The first-order valence-electron chi connectivity index (χ1n) is 14.3. The summed E-state index contributed by atoms with van der Waals surface area (Å²) >= 11 is 1.45. The zero-order chi connectivity index (χ0) is 29.8. The van der Waals surface area contributed by atoms with Crippen LogP contribution in [0.4, 0.5) is 11.4 Å². The molecule has 0 aromatic heterocycles. The maximum Gasteiger partial charge on any atom is 0.250 e. The van der Waals surface area contributed by atoms with Crippen LogP contribution in [0, 0.1) is 5.92 Å². The van der Waals surface area contributed by atoms with Crippen LogP contribution < -0.4 is 20.9 Å². The van der Waals surface area contributed by atoms with Gasteiger partial charge in [-0.2, -0.15) is 0 Å². The van der Waals surface area contributed by atoms with Crippen LogP contribution in [0.2, 0.25) is 0 Å². The molecule has 10 heteroatoms. The van der Waals surface area contributed by atoms with Crippen molar-refractivity contribution < 1.29 is 19.2 Å². The SMILES string of the molecule is CN[C@@H](C)C(=O)N[C@H]1CSc2c(NC(=O)C3CCN(C(C)=O)CC3)cccc2N(Cc2cccc3ccccc23)C1=O. The van der Waals surface area contributed by atoms with Crippen LogP contribution in [0.15, 0.2) is 65.6 Å². The minimum Gasteiger partial charge on any atom is -0.343 e. The first-order valence-corrected chi connectivity index (χ1v) is 15.3. The number of piperidine rings is 1. The molecule has 2 aliphatic rings. The molecule has 0 radical (unpaired) electrons. The van der Waals surface area contributed by atoms with Crippen LogP contribution >= 0.6 is 11.8 Å². The summed E-state index contributed by atoms with van der Waals surface area (Å²) < 4.78 is 0. The highest BCUT2D eigenvalue weighted by Crippen LogP contribution is 2.41. The summed E-state index contributed by atoms with van der Waals surface area (Å²) in [5.74, 6) is -0.389. The van der Waals surface area contributed by atoms with Gasteiger partial charge in [-0.1, -0.05) is 48.5 Å². The van der Waals surface area contributed by atoms with Crippen LogP contribution in [-0.2, 0) is 25.7 Å². The summed E-state index contributed by atoms with van der Waals surface area (Å²) in [7, 11) is 1.70. The molecule has 42 heavy (non-hydrogen) atoms. The van der Waals surface area contributed by atoms with Gasteiger partial charge in [-0.05, 0) is 55.3 Å². The molecule has 0 saturated carbocycles. The molecule has 0 unspecified atom stereocenters. The average Bonchev–Trinajstić information content (AvgIpc) is 3.13. The van der Waals surface area contributed by atoms with E-state index in [0.717, 1.165) is 21.2 Å². The first kappa shape index (κ1) is 29.6. The largest absolute Gasteiger partial charge is 0.343 e. The molecular weight excluding hydrogens is 550 g/mol. The number of hydrogen-bond acceptors (Lipinski definition) is 6. The summed E-state index contributed by atoms with van der Waals surface area (Å²) in [5.41, 5.74) is 2.32. The lowest BCUT2D eigenvalue weighted by Crippen LogP contribution is -2.53. The van der Waals surface area contributed by atoms with Crippen molar-refractivity contribution in [2.45, 2.75) is 50.2 Å². The van der Waals surface area contributed by atoms with Gasteiger partial charge in [0.05, 0.1) is 28.9 Å². The van der Waals surface area contributed by atoms with E-state index in [1.165, 1.54) is 11.8 Å². The molecule has 9 nitrogen and oxygen atoms in total. The number of nitrogens with zero attached hydrogens (tertiary/aromatic N) is 2. The number of carbonyl (C=O) groups is 4. The number of nitrogens with one attached hydrogen (secondary N) is 3. The Kier molecular flexibility index (Phi) is 9.13. The third-order valence-corrected chi connectivity index (χ3v) is 9.38. The molecular formula is C32H37N5O4S. The van der Waals surface area contributed by atoms with Crippen molar-refractivity contribution in [1.82, 2.24) is 15.5 Å². The van der Waals surface area contributed by atoms with E-state index in [9.17, 15) is 19.2 Å². The quantitative estimate of drug-likeness (QED) is 0.388. The number of anilines is 2. The molecule has 3 aromatic rings. The normalized spacial score (nSPS) is 18.3. The van der Waals surface area contributed by atoms with E-state index in [1.807, 2.05) is 60.7 Å². The maximum absolute atomic E-state index is 14.1. The average molecular weight is 588 g/mol. The van der Waals surface area contributed by atoms with Gasteiger partial charge in [0, 0.05) is 31.7 Å². The smallest absolute Gasteiger partial charge is 0.250 e. The van der Waals surface area contributed by atoms with Gasteiger partial charge >= 0.3 is 0 Å². The molecule has 0 aliphatic carbocycles. The third kappa shape index (κ3) is 6.29. The molecule has 0 bridgehead atoms. The van der Waals surface area contributed by atoms with Crippen molar-refractivity contribution in [3.63, 3.8) is 0 Å². The van der Waals surface area contributed by atoms with E-state index >= 15 is 0 Å². The lowest BCUT2D eigenvalue weighted by Gasteiger charge is -2.31. The second-order valence-corrected chi connectivity index (χ2v) is 11.9. The zero-order valence-corrected chi connectivity index (χ0v) is 25.0. The van der Waals surface area contributed by atoms with Crippen LogP contribution in [0.3, 0.4) is 0 Å². The van der Waals surface area contributed by atoms with Gasteiger partial charge in [0.25, 0.3) is 5.91 Å². The van der Waals surface area contributed by atoms with Gasteiger partial charge in [-0.15, -0.1) is 11.8 Å². The van der Waals surface area contributed by atoms with Crippen molar-refractivity contribution in [1.29, 1.82) is 0 Å². The molecule has 220 valence electrons. The van der Waals surface area contributed by atoms with E-state index in [2.05, 4.69) is 16.0 Å². The Bertz CT molecular complexity index is 1500. The summed E-state index contributed by atoms with van der Waals surface area (Å²) in [6.45, 7) is 4.74. The minimum absolute atomic E-state index is 0.0281. The first-order chi connectivity index (χ1) is 20.3. The van der Waals surface area contributed by atoms with E-state index in [4.69, 9.17) is 0 Å². The summed E-state index contributed by atoms with van der Waals surface area (Å²) in [4.78, 5) is 56.3. The third-order valence-electron chi connectivity index (χ3n) is 8.16. The Morgan fingerprint density at radius 1 is 1.00 bits per heavy atom. The standard InChI is InChI=1S/C32H37N5O4S/c1-20(33-3)30(39)35-27-19-42-29-26(34-31(40)23-14-16-36(17-15-23)21(2)38)12-7-13-28(29)37(32(27)41)18-24-10-6-9-22-8-4-5-11-25(22)24/h4-13,20,23,27,33H,14-19H2,1-3H3,(H,34,40)(H,35,39)/t20-,27-/m0/s1. The molecule has 3 N–H and O–H groups in total. The Hall–Kier alpha value is -3.89. The second-order valence-electron chi connectivity index (χ2n) is 10.9. The van der Waals surface area contributed by atoms with Crippen molar-refractivity contribution in [2.24, 2.45) is 5.92 Å². The zero-order valence-electron chi connectivity index (χ0n) is 24.2. The monoisotopic (exact) mass is 587 g/mol. The fraction of sp³-hybridized carbons (Fsp3) is 0.375. The Labute approximate surface area is 250 Å². The van der Waals surface area contributed by atoms with E-state index in [1.54, 1.807) is 30.7 Å². The Balaban J connectivity index is 1.47. The highest BCUT2D eigenvalue weighted by Gasteiger charge is 2.35. The predicted octanol–water partition coefficient (Wildman–Crippen LogP) is 3.77. The number of fused-ring (bicyclic) bond motifs is 2. The van der Waals surface area contributed by atoms with Crippen molar-refractivity contribution >= 4 is 57.5 Å². The molecule has 4 amide bonds. The van der Waals surface area contributed by atoms with Gasteiger partial charge in [0.15, 0.2) is 0 Å². The fourth-order valence-electron chi connectivity index (χ4n) is 5.52. The molecule has 3 aromatic carbocycles. The number of amides is 4. The van der Waals surface area contributed by atoms with Crippen molar-refractivity contribution in [3.8, 4) is 0 Å². The molecule has 1 fully saturated rings. The number of likely N-dealkylation sites (tertiary alicyclic amines) is 1. The number of thioether (sulfide) groups is 1. The number of rotatable bonds is 7. The van der Waals surface area contributed by atoms with E-state index in [0.29, 0.717) is 49.6 Å². The Morgan fingerprint density at radius 3 is 2.45 bits per heavy atom. The lowest BCUT2D eigenvalue weighted by atomic mass is 9.95. The van der Waals surface area contributed by atoms with Gasteiger partial charge in [0.1, 0.15) is 6.04 Å². The second kappa shape index (κ2) is 13.0. The number of benzene rings is 3. The maximum atomic E-state index is 14.1. The predicted molar refractivity (Wildman–Crippen MR) is 166 cm³/mol. The molecule has 2 heterocycles. The number of likely N-dealkylation sites (N-methyl/N-ethyl adjacent to an activating group) is 1. The lowest BCUT2D eigenvalue weighted by molar-refractivity contribution is -0.132. The van der Waals surface area contributed by atoms with Crippen molar-refractivity contribution in [3.05, 3.63) is 66.2 Å². The summed E-state index contributed by atoms with van der Waals surface area (Å²) in [6.07, 6.45) is 1.22. The summed E-state index contributed by atoms with van der Waals surface area (Å²) in [6, 6.07) is 18.5. The highest BCUT2D eigenvalue weighted by atomic mass is 32.2. The van der Waals surface area contributed by atoms with Crippen LogP contribution in [-0.4, -0.2) is 66.5 Å². The van der Waals surface area contributed by atoms with Gasteiger partial charge in [-0.3, -0.25) is 19.2 Å². The van der Waals surface area contributed by atoms with E-state index in [-0.39, 0.29) is 29.5 Å². The topological polar surface area (TPSA) is 111 Å².